The van der Waals surface area contributed by atoms with Gasteiger partial charge < -0.3 is 5.32 Å². The monoisotopic (exact) mass is 299 g/mol. The average molecular weight is 300 g/mol. The summed E-state index contributed by atoms with van der Waals surface area (Å²) in [5.74, 6) is 0. The standard InChI is InChI=1S/C11H14BrN3S/c1-9(11-10(12)3-8-16-11)13-5-7-15-6-2-4-14-15/h2-4,6,8-9,13H,5,7H2,1H3. The van der Waals surface area contributed by atoms with Crippen molar-refractivity contribution in [1.82, 2.24) is 15.1 Å². The Balaban J connectivity index is 1.80. The predicted molar refractivity (Wildman–Crippen MR) is 70.7 cm³/mol. The largest absolute Gasteiger partial charge is 0.308 e. The summed E-state index contributed by atoms with van der Waals surface area (Å²) in [6.45, 7) is 4.01. The molecule has 0 bridgehead atoms. The highest BCUT2D eigenvalue weighted by Gasteiger charge is 2.09. The first-order chi connectivity index (χ1) is 7.77. The van der Waals surface area contributed by atoms with Crippen LogP contribution in [0.2, 0.25) is 0 Å². The molecule has 0 radical (unpaired) electrons. The smallest absolute Gasteiger partial charge is 0.0534 e. The van der Waals surface area contributed by atoms with E-state index in [1.165, 1.54) is 9.35 Å². The molecule has 16 heavy (non-hydrogen) atoms. The fourth-order valence-corrected chi connectivity index (χ4v) is 3.29. The predicted octanol–water partition coefficient (Wildman–Crippen LogP) is 3.06. The first-order valence-electron chi connectivity index (χ1n) is 5.21. The van der Waals surface area contributed by atoms with Crippen LogP contribution in [0.25, 0.3) is 0 Å². The van der Waals surface area contributed by atoms with Crippen molar-refractivity contribution < 1.29 is 0 Å². The van der Waals surface area contributed by atoms with Gasteiger partial charge in [0.15, 0.2) is 0 Å². The summed E-state index contributed by atoms with van der Waals surface area (Å²) in [4.78, 5) is 1.35. The van der Waals surface area contributed by atoms with Crippen LogP contribution in [-0.2, 0) is 6.54 Å². The van der Waals surface area contributed by atoms with Crippen molar-refractivity contribution >= 4 is 27.3 Å². The maximum Gasteiger partial charge on any atom is 0.0534 e. The zero-order valence-electron chi connectivity index (χ0n) is 9.06. The molecule has 1 atom stereocenters. The minimum atomic E-state index is 0.380. The highest BCUT2D eigenvalue weighted by Crippen LogP contribution is 2.28. The zero-order chi connectivity index (χ0) is 11.4. The number of halogens is 1. The lowest BCUT2D eigenvalue weighted by molar-refractivity contribution is 0.510. The molecule has 0 aromatic carbocycles. The minimum Gasteiger partial charge on any atom is -0.308 e. The maximum atomic E-state index is 4.16. The number of thiophene rings is 1. The summed E-state index contributed by atoms with van der Waals surface area (Å²) in [5, 5.41) is 9.75. The summed E-state index contributed by atoms with van der Waals surface area (Å²) in [6.07, 6.45) is 3.78. The van der Waals surface area contributed by atoms with E-state index in [1.807, 2.05) is 16.9 Å². The van der Waals surface area contributed by atoms with Crippen molar-refractivity contribution in [3.63, 3.8) is 0 Å². The Morgan fingerprint density at radius 3 is 3.12 bits per heavy atom. The maximum absolute atomic E-state index is 4.16. The third kappa shape index (κ3) is 2.93. The van der Waals surface area contributed by atoms with Gasteiger partial charge in [-0.15, -0.1) is 11.3 Å². The van der Waals surface area contributed by atoms with Crippen molar-refractivity contribution in [3.8, 4) is 0 Å². The molecule has 1 unspecified atom stereocenters. The van der Waals surface area contributed by atoms with Gasteiger partial charge in [0.2, 0.25) is 0 Å². The molecule has 0 amide bonds. The van der Waals surface area contributed by atoms with Gasteiger partial charge in [-0.2, -0.15) is 5.10 Å². The Kier molecular flexibility index (Phi) is 4.15. The molecule has 0 spiro atoms. The van der Waals surface area contributed by atoms with Gasteiger partial charge in [0, 0.05) is 34.3 Å². The lowest BCUT2D eigenvalue weighted by Gasteiger charge is -2.12. The van der Waals surface area contributed by atoms with E-state index < -0.39 is 0 Å². The van der Waals surface area contributed by atoms with Gasteiger partial charge in [-0.3, -0.25) is 4.68 Å². The molecule has 0 fully saturated rings. The molecule has 0 aliphatic heterocycles. The van der Waals surface area contributed by atoms with E-state index in [4.69, 9.17) is 0 Å². The van der Waals surface area contributed by atoms with E-state index >= 15 is 0 Å². The van der Waals surface area contributed by atoms with Crippen LogP contribution in [0.15, 0.2) is 34.4 Å². The molecule has 3 nitrogen and oxygen atoms in total. The molecule has 0 aliphatic carbocycles. The third-order valence-corrected chi connectivity index (χ3v) is 4.44. The molecule has 2 heterocycles. The van der Waals surface area contributed by atoms with Gasteiger partial charge in [-0.1, -0.05) is 0 Å². The van der Waals surface area contributed by atoms with Gasteiger partial charge in [0.05, 0.1) is 6.54 Å². The molecule has 2 aromatic rings. The lowest BCUT2D eigenvalue weighted by atomic mass is 10.3. The van der Waals surface area contributed by atoms with Crippen molar-refractivity contribution in [2.24, 2.45) is 0 Å². The van der Waals surface area contributed by atoms with Crippen molar-refractivity contribution in [2.75, 3.05) is 6.54 Å². The van der Waals surface area contributed by atoms with Crippen LogP contribution in [0.3, 0.4) is 0 Å². The SMILES string of the molecule is CC(NCCn1cccn1)c1sccc1Br. The van der Waals surface area contributed by atoms with Gasteiger partial charge in [0.25, 0.3) is 0 Å². The Labute approximate surface area is 108 Å². The van der Waals surface area contributed by atoms with E-state index in [1.54, 1.807) is 17.5 Å². The molecule has 0 aliphatic rings. The first-order valence-corrected chi connectivity index (χ1v) is 6.88. The van der Waals surface area contributed by atoms with Crippen LogP contribution in [0.1, 0.15) is 17.8 Å². The van der Waals surface area contributed by atoms with Gasteiger partial charge in [0.1, 0.15) is 0 Å². The summed E-state index contributed by atoms with van der Waals surface area (Å²) in [7, 11) is 0. The summed E-state index contributed by atoms with van der Waals surface area (Å²) in [5.41, 5.74) is 0. The molecule has 0 saturated heterocycles. The van der Waals surface area contributed by atoms with Gasteiger partial charge in [-0.25, -0.2) is 0 Å². The minimum absolute atomic E-state index is 0.380. The molecular formula is C11H14BrN3S. The fourth-order valence-electron chi connectivity index (χ4n) is 1.54. The fraction of sp³-hybridized carbons (Fsp3) is 0.364. The van der Waals surface area contributed by atoms with E-state index in [0.29, 0.717) is 6.04 Å². The van der Waals surface area contributed by atoms with E-state index in [-0.39, 0.29) is 0 Å². The van der Waals surface area contributed by atoms with Gasteiger partial charge in [-0.05, 0) is 40.4 Å². The molecule has 86 valence electrons. The Bertz CT molecular complexity index is 424. The molecule has 5 heteroatoms. The second-order valence-electron chi connectivity index (χ2n) is 3.58. The van der Waals surface area contributed by atoms with Crippen LogP contribution >= 0.6 is 27.3 Å². The molecule has 1 N–H and O–H groups in total. The number of rotatable bonds is 5. The van der Waals surface area contributed by atoms with E-state index in [9.17, 15) is 0 Å². The number of nitrogens with one attached hydrogen (secondary N) is 1. The zero-order valence-corrected chi connectivity index (χ0v) is 11.5. The second kappa shape index (κ2) is 5.61. The van der Waals surface area contributed by atoms with Crippen LogP contribution in [0.5, 0.6) is 0 Å². The molecular weight excluding hydrogens is 286 g/mol. The molecule has 0 saturated carbocycles. The van der Waals surface area contributed by atoms with Gasteiger partial charge >= 0.3 is 0 Å². The van der Waals surface area contributed by atoms with Crippen LogP contribution in [0.4, 0.5) is 0 Å². The quantitative estimate of drug-likeness (QED) is 0.919. The van der Waals surface area contributed by atoms with Crippen molar-refractivity contribution in [2.45, 2.75) is 19.5 Å². The Hall–Kier alpha value is -0.650. The molecule has 2 aromatic heterocycles. The van der Waals surface area contributed by atoms with E-state index in [2.05, 4.69) is 44.7 Å². The average Bonchev–Trinajstić information content (AvgIpc) is 2.88. The normalized spacial score (nSPS) is 12.9. The number of aromatic nitrogens is 2. The van der Waals surface area contributed by atoms with Crippen molar-refractivity contribution in [3.05, 3.63) is 39.3 Å². The topological polar surface area (TPSA) is 29.9 Å². The highest BCUT2D eigenvalue weighted by molar-refractivity contribution is 9.10. The number of nitrogens with zero attached hydrogens (tertiary/aromatic N) is 2. The van der Waals surface area contributed by atoms with E-state index in [0.717, 1.165) is 13.1 Å². The number of hydrogen-bond acceptors (Lipinski definition) is 3. The third-order valence-electron chi connectivity index (χ3n) is 2.39. The Morgan fingerprint density at radius 1 is 1.62 bits per heavy atom. The van der Waals surface area contributed by atoms with Crippen LogP contribution in [-0.4, -0.2) is 16.3 Å². The van der Waals surface area contributed by atoms with Crippen LogP contribution < -0.4 is 5.32 Å². The Morgan fingerprint density at radius 2 is 2.50 bits per heavy atom. The second-order valence-corrected chi connectivity index (χ2v) is 5.38. The summed E-state index contributed by atoms with van der Waals surface area (Å²) >= 11 is 5.32. The summed E-state index contributed by atoms with van der Waals surface area (Å²) in [6, 6.07) is 4.41. The first kappa shape index (κ1) is 11.8. The summed E-state index contributed by atoms with van der Waals surface area (Å²) < 4.78 is 3.13. The van der Waals surface area contributed by atoms with Crippen molar-refractivity contribution in [1.29, 1.82) is 0 Å². The highest BCUT2D eigenvalue weighted by atomic mass is 79.9. The number of hydrogen-bond donors (Lipinski definition) is 1. The molecule has 2 rings (SSSR count). The lowest BCUT2D eigenvalue weighted by Crippen LogP contribution is -2.23. The van der Waals surface area contributed by atoms with Crippen LogP contribution in [0, 0.1) is 0 Å².